The van der Waals surface area contributed by atoms with E-state index in [4.69, 9.17) is 4.74 Å². The van der Waals surface area contributed by atoms with Gasteiger partial charge in [-0.25, -0.2) is 0 Å². The van der Waals surface area contributed by atoms with Crippen LogP contribution in [0.5, 0.6) is 0 Å². The Bertz CT molecular complexity index is 446. The van der Waals surface area contributed by atoms with Gasteiger partial charge in [0.1, 0.15) is 0 Å². The molecule has 1 nitrogen and oxygen atoms in total. The van der Waals surface area contributed by atoms with Crippen LogP contribution >= 0.6 is 0 Å². The molecule has 0 aromatic carbocycles. The van der Waals surface area contributed by atoms with Crippen molar-refractivity contribution in [1.29, 1.82) is 0 Å². The molecule has 2 rings (SSSR count). The maximum absolute atomic E-state index is 6.43. The van der Waals surface area contributed by atoms with Crippen molar-refractivity contribution < 1.29 is 4.74 Å². The van der Waals surface area contributed by atoms with E-state index < -0.39 is 26.5 Å². The zero-order chi connectivity index (χ0) is 21.5. The van der Waals surface area contributed by atoms with E-state index in [2.05, 4.69) is 47.5 Å². The number of methoxy groups -OCH3 is 1. The first-order chi connectivity index (χ1) is 13.8. The average molecular weight is 530 g/mol. The first-order valence-corrected chi connectivity index (χ1v) is 24.3. The molecule has 2 aliphatic rings. The molecule has 0 radical (unpaired) electrons. The molecule has 0 spiro atoms. The van der Waals surface area contributed by atoms with Gasteiger partial charge < -0.3 is 0 Å². The third kappa shape index (κ3) is 5.67. The Morgan fingerprint density at radius 1 is 0.862 bits per heavy atom. The van der Waals surface area contributed by atoms with E-state index in [0.717, 1.165) is 14.9 Å². The number of unbranched alkanes of at least 4 members (excludes halogenated alkanes) is 3. The van der Waals surface area contributed by atoms with Gasteiger partial charge in [0.05, 0.1) is 0 Å². The SMILES string of the molecule is CCC[CH2][Sn]([CH2]CCC)([CH2]CCC)[C@@]1([Si](C)(C)C)C[C@H]1[C@H](OC)C1CCCCC1. The molecule has 0 unspecified atom stereocenters. The van der Waals surface area contributed by atoms with Crippen molar-refractivity contribution in [2.45, 2.75) is 140 Å². The number of rotatable bonds is 14. The van der Waals surface area contributed by atoms with Crippen LogP contribution in [-0.4, -0.2) is 39.7 Å². The number of hydrogen-bond donors (Lipinski definition) is 0. The summed E-state index contributed by atoms with van der Waals surface area (Å²) < 4.78 is 12.3. The summed E-state index contributed by atoms with van der Waals surface area (Å²) in [5.41, 5.74) is 0. The van der Waals surface area contributed by atoms with Gasteiger partial charge in [-0.3, -0.25) is 0 Å². The minimum atomic E-state index is -2.31. The van der Waals surface area contributed by atoms with Gasteiger partial charge in [0.15, 0.2) is 0 Å². The quantitative estimate of drug-likeness (QED) is 0.204. The predicted molar refractivity (Wildman–Crippen MR) is 136 cm³/mol. The van der Waals surface area contributed by atoms with E-state index in [0.29, 0.717) is 6.10 Å². The number of ether oxygens (including phenoxy) is 1. The van der Waals surface area contributed by atoms with Gasteiger partial charge >= 0.3 is 190 Å². The summed E-state index contributed by atoms with van der Waals surface area (Å²) in [6.07, 6.45) is 18.2. The van der Waals surface area contributed by atoms with Crippen LogP contribution < -0.4 is 0 Å². The molecule has 0 aliphatic heterocycles. The van der Waals surface area contributed by atoms with Gasteiger partial charge in [-0.05, 0) is 0 Å². The van der Waals surface area contributed by atoms with Gasteiger partial charge in [-0.15, -0.1) is 0 Å². The summed E-state index contributed by atoms with van der Waals surface area (Å²) in [7, 11) is 0.812. The van der Waals surface area contributed by atoms with E-state index in [9.17, 15) is 0 Å². The molecule has 3 atom stereocenters. The molecule has 2 aliphatic carbocycles. The van der Waals surface area contributed by atoms with Crippen LogP contribution in [0.15, 0.2) is 0 Å². The molecule has 29 heavy (non-hydrogen) atoms. The monoisotopic (exact) mass is 530 g/mol. The van der Waals surface area contributed by atoms with Gasteiger partial charge in [0.25, 0.3) is 0 Å². The molecule has 2 saturated carbocycles. The Hall–Kier alpha value is 0.976. The van der Waals surface area contributed by atoms with Crippen molar-refractivity contribution >= 4 is 26.5 Å². The summed E-state index contributed by atoms with van der Waals surface area (Å²) in [6.45, 7) is 15.6. The number of hydrogen-bond acceptors (Lipinski definition) is 1. The second kappa shape index (κ2) is 11.7. The van der Waals surface area contributed by atoms with Gasteiger partial charge in [-0.2, -0.15) is 0 Å². The zero-order valence-corrected chi connectivity index (χ0v) is 25.1. The Morgan fingerprint density at radius 3 is 1.72 bits per heavy atom. The molecule has 3 heteroatoms. The molecule has 0 saturated heterocycles. The maximum atomic E-state index is 6.43. The molecule has 0 heterocycles. The van der Waals surface area contributed by atoms with E-state index in [1.54, 1.807) is 19.7 Å². The van der Waals surface area contributed by atoms with Gasteiger partial charge in [0, 0.05) is 0 Å². The molecule has 0 amide bonds. The van der Waals surface area contributed by atoms with Gasteiger partial charge in [-0.1, -0.05) is 0 Å². The van der Waals surface area contributed by atoms with Crippen LogP contribution in [0.1, 0.15) is 97.8 Å². The van der Waals surface area contributed by atoms with Crippen LogP contribution in [0, 0.1) is 11.8 Å². The summed E-state index contributed by atoms with van der Waals surface area (Å²) in [6, 6.07) is 0. The normalized spacial score (nSPS) is 27.2. The molecule has 0 aromatic heterocycles. The van der Waals surface area contributed by atoms with E-state index in [1.807, 2.05) is 0 Å². The van der Waals surface area contributed by atoms with Crippen LogP contribution in [0.2, 0.25) is 36.0 Å². The predicted octanol–water partition coefficient (Wildman–Crippen LogP) is 9.07. The summed E-state index contributed by atoms with van der Waals surface area (Å²) in [4.78, 5) is 0. The third-order valence-corrected chi connectivity index (χ3v) is 40.6. The minimum absolute atomic E-state index is 0.586. The standard InChI is InChI=1S/C14H27OSi.3C4H9.Sn/c1-15-14(11-8-6-5-7-9-11)12-10-13(12)16(2,3)4;3*1-3-4-2;/h11-12,14H,5-10H2,1-4H3;3*1,3-4H2,2H3;/t12-,14-;;;;/m1..../s1. The fourth-order valence-electron chi connectivity index (χ4n) is 7.69. The van der Waals surface area contributed by atoms with Crippen molar-refractivity contribution in [1.82, 2.24) is 0 Å². The molecule has 0 bridgehead atoms. The van der Waals surface area contributed by atoms with Gasteiger partial charge in [0.2, 0.25) is 0 Å². The van der Waals surface area contributed by atoms with Crippen LogP contribution in [0.25, 0.3) is 0 Å². The third-order valence-electron chi connectivity index (χ3n) is 9.11. The van der Waals surface area contributed by atoms with Crippen molar-refractivity contribution in [3.05, 3.63) is 0 Å². The molecular weight excluding hydrogens is 475 g/mol. The first-order valence-electron chi connectivity index (χ1n) is 13.4. The van der Waals surface area contributed by atoms with E-state index in [1.165, 1.54) is 70.6 Å². The zero-order valence-electron chi connectivity index (χ0n) is 21.2. The van der Waals surface area contributed by atoms with Crippen LogP contribution in [-0.2, 0) is 4.74 Å². The fourth-order valence-corrected chi connectivity index (χ4v) is 46.9. The van der Waals surface area contributed by atoms with Crippen molar-refractivity contribution in [3.63, 3.8) is 0 Å². The first kappa shape index (κ1) is 26.2. The van der Waals surface area contributed by atoms with E-state index in [-0.39, 0.29) is 0 Å². The molecule has 0 aromatic rings. The van der Waals surface area contributed by atoms with Crippen LogP contribution in [0.3, 0.4) is 0 Å². The second-order valence-electron chi connectivity index (χ2n) is 11.7. The molecule has 0 N–H and O–H groups in total. The summed E-state index contributed by atoms with van der Waals surface area (Å²) in [5.74, 6) is 1.80. The Morgan fingerprint density at radius 2 is 1.34 bits per heavy atom. The van der Waals surface area contributed by atoms with E-state index >= 15 is 0 Å². The molecule has 172 valence electrons. The molecule has 2 fully saturated rings. The average Bonchev–Trinajstić information content (AvgIpc) is 3.46. The van der Waals surface area contributed by atoms with Crippen molar-refractivity contribution in [2.75, 3.05) is 7.11 Å². The topological polar surface area (TPSA) is 9.23 Å². The summed E-state index contributed by atoms with van der Waals surface area (Å²) in [5, 5.41) is 0. The Labute approximate surface area is 189 Å². The Balaban J connectivity index is 2.42. The molecular formula is C26H54OSiSn. The van der Waals surface area contributed by atoms with Crippen molar-refractivity contribution in [2.24, 2.45) is 11.8 Å². The fraction of sp³-hybridized carbons (Fsp3) is 1.00. The van der Waals surface area contributed by atoms with Crippen LogP contribution in [0.4, 0.5) is 0 Å². The second-order valence-corrected chi connectivity index (χ2v) is 32.7. The Kier molecular flexibility index (Phi) is 10.6. The van der Waals surface area contributed by atoms with Crippen molar-refractivity contribution in [3.8, 4) is 0 Å². The summed E-state index contributed by atoms with van der Waals surface area (Å²) >= 11 is -2.31.